The molecule has 0 amide bonds. The molecule has 0 spiro atoms. The van der Waals surface area contributed by atoms with Crippen LogP contribution in [0.1, 0.15) is 64.7 Å². The molecule has 0 atom stereocenters. The normalized spacial score (nSPS) is 11.9. The Bertz CT molecular complexity index is 301. The fourth-order valence-corrected chi connectivity index (χ4v) is 1.79. The van der Waals surface area contributed by atoms with Gasteiger partial charge in [0.15, 0.2) is 0 Å². The molecule has 20 heavy (non-hydrogen) atoms. The van der Waals surface area contributed by atoms with Gasteiger partial charge in [0.25, 0.3) is 0 Å². The van der Waals surface area contributed by atoms with Gasteiger partial charge >= 0.3 is 5.97 Å². The van der Waals surface area contributed by atoms with Crippen LogP contribution >= 0.6 is 0 Å². The monoisotopic (exact) mass is 278 g/mol. The number of carbonyl (C=O) groups excluding carboxylic acids is 1. The van der Waals surface area contributed by atoms with E-state index >= 15 is 0 Å². The van der Waals surface area contributed by atoms with Crippen molar-refractivity contribution in [3.05, 3.63) is 36.5 Å². The molecule has 0 saturated carbocycles. The van der Waals surface area contributed by atoms with E-state index in [0.29, 0.717) is 6.42 Å². The highest BCUT2D eigenvalue weighted by Gasteiger charge is 1.98. The standard InChI is InChI=1S/C18H30O2/c1-3-4-5-6-7-8-9-10-11-12-13-14-15-16-17-18(19)20-2/h6-11H,3-5,12-17H2,1-2H3/b7-6+,9-8+,11-10+. The van der Waals surface area contributed by atoms with E-state index in [1.807, 2.05) is 0 Å². The maximum atomic E-state index is 10.9. The summed E-state index contributed by atoms with van der Waals surface area (Å²) in [6, 6.07) is 0. The summed E-state index contributed by atoms with van der Waals surface area (Å²) in [6.45, 7) is 2.21. The van der Waals surface area contributed by atoms with Gasteiger partial charge in [-0.05, 0) is 25.7 Å². The van der Waals surface area contributed by atoms with Gasteiger partial charge in [0.05, 0.1) is 7.11 Å². The molecule has 2 heteroatoms. The molecular formula is C18H30O2. The fraction of sp³-hybridized carbons (Fsp3) is 0.611. The zero-order valence-electron chi connectivity index (χ0n) is 13.1. The predicted octanol–water partition coefficient (Wildman–Crippen LogP) is 5.36. The van der Waals surface area contributed by atoms with Crippen molar-refractivity contribution in [3.8, 4) is 0 Å². The molecule has 0 aliphatic heterocycles. The summed E-state index contributed by atoms with van der Waals surface area (Å²) < 4.78 is 4.60. The molecule has 0 radical (unpaired) electrons. The molecule has 0 fully saturated rings. The number of carbonyl (C=O) groups is 1. The summed E-state index contributed by atoms with van der Waals surface area (Å²) in [5, 5.41) is 0. The number of allylic oxidation sites excluding steroid dienone is 6. The molecule has 0 aliphatic rings. The second-order valence-corrected chi connectivity index (χ2v) is 4.91. The lowest BCUT2D eigenvalue weighted by Crippen LogP contribution is -1.98. The van der Waals surface area contributed by atoms with Gasteiger partial charge in [-0.15, -0.1) is 0 Å². The van der Waals surface area contributed by atoms with E-state index in [2.05, 4.69) is 48.1 Å². The lowest BCUT2D eigenvalue weighted by Gasteiger charge is -1.98. The molecule has 0 bridgehead atoms. The Morgan fingerprint density at radius 1 is 0.850 bits per heavy atom. The van der Waals surface area contributed by atoms with Crippen LogP contribution in [0.5, 0.6) is 0 Å². The van der Waals surface area contributed by atoms with Crippen LogP contribution in [-0.4, -0.2) is 13.1 Å². The third kappa shape index (κ3) is 14.7. The topological polar surface area (TPSA) is 26.3 Å². The van der Waals surface area contributed by atoms with Crippen LogP contribution in [0, 0.1) is 0 Å². The number of methoxy groups -OCH3 is 1. The highest BCUT2D eigenvalue weighted by molar-refractivity contribution is 5.68. The smallest absolute Gasteiger partial charge is 0.305 e. The lowest BCUT2D eigenvalue weighted by molar-refractivity contribution is -0.140. The number of esters is 1. The first-order chi connectivity index (χ1) is 9.81. The fourth-order valence-electron chi connectivity index (χ4n) is 1.79. The summed E-state index contributed by atoms with van der Waals surface area (Å²) in [7, 11) is 1.44. The SMILES string of the molecule is CCCC/C=C/C=C/C=C/CCCCCCC(=O)OC. The van der Waals surface area contributed by atoms with Gasteiger partial charge in [-0.1, -0.05) is 69.1 Å². The largest absolute Gasteiger partial charge is 0.469 e. The van der Waals surface area contributed by atoms with E-state index in [-0.39, 0.29) is 5.97 Å². The van der Waals surface area contributed by atoms with Crippen LogP contribution in [0.4, 0.5) is 0 Å². The van der Waals surface area contributed by atoms with E-state index < -0.39 is 0 Å². The second-order valence-electron chi connectivity index (χ2n) is 4.91. The Balaban J connectivity index is 3.33. The van der Waals surface area contributed by atoms with Crippen molar-refractivity contribution in [1.29, 1.82) is 0 Å². The predicted molar refractivity (Wildman–Crippen MR) is 86.7 cm³/mol. The highest BCUT2D eigenvalue weighted by atomic mass is 16.5. The molecule has 114 valence electrons. The summed E-state index contributed by atoms with van der Waals surface area (Å²) in [5.74, 6) is -0.0953. The average molecular weight is 278 g/mol. The Hall–Kier alpha value is -1.31. The van der Waals surface area contributed by atoms with Crippen LogP contribution in [0.25, 0.3) is 0 Å². The number of rotatable bonds is 12. The average Bonchev–Trinajstić information content (AvgIpc) is 2.47. The molecule has 0 unspecified atom stereocenters. The number of hydrogen-bond acceptors (Lipinski definition) is 2. The molecule has 0 rings (SSSR count). The van der Waals surface area contributed by atoms with Crippen molar-refractivity contribution in [1.82, 2.24) is 0 Å². The zero-order chi connectivity index (χ0) is 14.9. The van der Waals surface area contributed by atoms with Crippen molar-refractivity contribution in [3.63, 3.8) is 0 Å². The number of ether oxygens (including phenoxy) is 1. The molecule has 0 aromatic carbocycles. The number of unbranched alkanes of at least 4 members (excludes halogenated alkanes) is 6. The van der Waals surface area contributed by atoms with Crippen molar-refractivity contribution in [2.45, 2.75) is 64.7 Å². The summed E-state index contributed by atoms with van der Waals surface area (Å²) in [6.07, 6.45) is 22.6. The molecule has 2 nitrogen and oxygen atoms in total. The van der Waals surface area contributed by atoms with Gasteiger partial charge in [-0.25, -0.2) is 0 Å². The molecule has 0 N–H and O–H groups in total. The van der Waals surface area contributed by atoms with Gasteiger partial charge in [0, 0.05) is 6.42 Å². The second kappa shape index (κ2) is 15.7. The zero-order valence-corrected chi connectivity index (χ0v) is 13.1. The minimum Gasteiger partial charge on any atom is -0.469 e. The first-order valence-corrected chi connectivity index (χ1v) is 7.86. The maximum absolute atomic E-state index is 10.9. The van der Waals surface area contributed by atoms with Gasteiger partial charge in [-0.3, -0.25) is 4.79 Å². The van der Waals surface area contributed by atoms with Gasteiger partial charge < -0.3 is 4.74 Å². The van der Waals surface area contributed by atoms with Gasteiger partial charge in [-0.2, -0.15) is 0 Å². The third-order valence-electron chi connectivity index (χ3n) is 3.06. The summed E-state index contributed by atoms with van der Waals surface area (Å²) in [5.41, 5.74) is 0. The minimum atomic E-state index is -0.0953. The van der Waals surface area contributed by atoms with Crippen LogP contribution in [0.2, 0.25) is 0 Å². The highest BCUT2D eigenvalue weighted by Crippen LogP contribution is 2.06. The molecule has 0 aromatic rings. The maximum Gasteiger partial charge on any atom is 0.305 e. The van der Waals surface area contributed by atoms with E-state index in [1.165, 1.54) is 39.2 Å². The van der Waals surface area contributed by atoms with E-state index in [0.717, 1.165) is 19.3 Å². The van der Waals surface area contributed by atoms with Crippen molar-refractivity contribution in [2.75, 3.05) is 7.11 Å². The molecule has 0 aliphatic carbocycles. The molecule has 0 aromatic heterocycles. The molecular weight excluding hydrogens is 248 g/mol. The molecule has 0 saturated heterocycles. The van der Waals surface area contributed by atoms with Crippen LogP contribution in [-0.2, 0) is 9.53 Å². The van der Waals surface area contributed by atoms with Crippen molar-refractivity contribution in [2.24, 2.45) is 0 Å². The summed E-state index contributed by atoms with van der Waals surface area (Å²) in [4.78, 5) is 10.9. The van der Waals surface area contributed by atoms with E-state index in [9.17, 15) is 4.79 Å². The van der Waals surface area contributed by atoms with Gasteiger partial charge in [0.2, 0.25) is 0 Å². The molecule has 0 heterocycles. The Morgan fingerprint density at radius 3 is 2.05 bits per heavy atom. The van der Waals surface area contributed by atoms with Crippen LogP contribution in [0.3, 0.4) is 0 Å². The van der Waals surface area contributed by atoms with Crippen LogP contribution in [0.15, 0.2) is 36.5 Å². The van der Waals surface area contributed by atoms with Gasteiger partial charge in [0.1, 0.15) is 0 Å². The first-order valence-electron chi connectivity index (χ1n) is 7.86. The summed E-state index contributed by atoms with van der Waals surface area (Å²) >= 11 is 0. The quantitative estimate of drug-likeness (QED) is 0.273. The third-order valence-corrected chi connectivity index (χ3v) is 3.06. The first kappa shape index (κ1) is 18.7. The number of hydrogen-bond donors (Lipinski definition) is 0. The van der Waals surface area contributed by atoms with Crippen molar-refractivity contribution >= 4 is 5.97 Å². The van der Waals surface area contributed by atoms with E-state index in [4.69, 9.17) is 0 Å². The Morgan fingerprint density at radius 2 is 1.45 bits per heavy atom. The lowest BCUT2D eigenvalue weighted by atomic mass is 10.1. The van der Waals surface area contributed by atoms with Crippen molar-refractivity contribution < 1.29 is 9.53 Å². The van der Waals surface area contributed by atoms with Crippen LogP contribution < -0.4 is 0 Å². The van der Waals surface area contributed by atoms with E-state index in [1.54, 1.807) is 0 Å². The minimum absolute atomic E-state index is 0.0953. The Kier molecular flexibility index (Phi) is 14.7. The Labute approximate surface area is 124 Å².